The summed E-state index contributed by atoms with van der Waals surface area (Å²) in [5.74, 6) is -0.924. The Hall–Kier alpha value is -1.83. The first-order valence-corrected chi connectivity index (χ1v) is 4.69. The molecule has 78 valence electrons. The smallest absolute Gasteiger partial charge is 0.336 e. The van der Waals surface area contributed by atoms with Gasteiger partial charge in [-0.1, -0.05) is 36.4 Å². The van der Waals surface area contributed by atoms with E-state index >= 15 is 0 Å². The number of hydrogen-bond acceptors (Lipinski definition) is 1. The molecule has 0 aliphatic heterocycles. The number of benzene rings is 1. The van der Waals surface area contributed by atoms with Crippen molar-refractivity contribution >= 4 is 11.5 Å². The molecule has 0 saturated carbocycles. The van der Waals surface area contributed by atoms with Gasteiger partial charge in [0.2, 0.25) is 0 Å². The molecule has 1 aromatic rings. The summed E-state index contributed by atoms with van der Waals surface area (Å²) in [7, 11) is 0. The van der Waals surface area contributed by atoms with Crippen LogP contribution in [0.4, 0.5) is 0 Å². The zero-order chi connectivity index (χ0) is 11.4. The molecule has 0 bridgehead atoms. The van der Waals surface area contributed by atoms with Gasteiger partial charge in [0, 0.05) is 0 Å². The summed E-state index contributed by atoms with van der Waals surface area (Å²) in [5, 5.41) is 9.09. The molecule has 0 fully saturated rings. The first-order valence-electron chi connectivity index (χ1n) is 4.69. The van der Waals surface area contributed by atoms with Crippen molar-refractivity contribution in [1.29, 1.82) is 0 Å². The highest BCUT2D eigenvalue weighted by molar-refractivity contribution is 6.16. The molecule has 0 aliphatic rings. The van der Waals surface area contributed by atoms with Gasteiger partial charge in [-0.3, -0.25) is 0 Å². The fraction of sp³-hybridized carbons (Fsp3) is 0.154. The number of hydrogen-bond donors (Lipinski definition) is 1. The van der Waals surface area contributed by atoms with E-state index in [-0.39, 0.29) is 0 Å². The van der Waals surface area contributed by atoms with Crippen molar-refractivity contribution in [3.05, 3.63) is 53.6 Å². The van der Waals surface area contributed by atoms with Gasteiger partial charge in [-0.15, -0.1) is 0 Å². The van der Waals surface area contributed by atoms with Crippen molar-refractivity contribution in [3.63, 3.8) is 0 Å². The van der Waals surface area contributed by atoms with Crippen LogP contribution in [0.3, 0.4) is 0 Å². The Labute approximate surface area is 89.6 Å². The first-order chi connectivity index (χ1) is 7.02. The largest absolute Gasteiger partial charge is 0.478 e. The van der Waals surface area contributed by atoms with Crippen LogP contribution in [0, 0.1) is 6.92 Å². The maximum Gasteiger partial charge on any atom is 0.336 e. The molecular weight excluding hydrogens is 188 g/mol. The Morgan fingerprint density at radius 3 is 2.47 bits per heavy atom. The Bertz CT molecular complexity index is 428. The van der Waals surface area contributed by atoms with Crippen LogP contribution in [0.15, 0.2) is 42.5 Å². The maximum absolute atomic E-state index is 11.1. The lowest BCUT2D eigenvalue weighted by molar-refractivity contribution is -0.130. The average molecular weight is 202 g/mol. The molecule has 0 unspecified atom stereocenters. The fourth-order valence-electron chi connectivity index (χ4n) is 1.38. The van der Waals surface area contributed by atoms with Gasteiger partial charge >= 0.3 is 5.97 Å². The van der Waals surface area contributed by atoms with Gasteiger partial charge in [0.25, 0.3) is 0 Å². The topological polar surface area (TPSA) is 37.3 Å². The summed E-state index contributed by atoms with van der Waals surface area (Å²) in [6.07, 6.45) is 1.59. The van der Waals surface area contributed by atoms with Gasteiger partial charge in [0.05, 0.1) is 5.57 Å². The molecule has 0 spiro atoms. The van der Waals surface area contributed by atoms with Crippen molar-refractivity contribution in [1.82, 2.24) is 0 Å². The lowest BCUT2D eigenvalue weighted by Gasteiger charge is -2.06. The van der Waals surface area contributed by atoms with E-state index in [0.29, 0.717) is 5.57 Å². The summed E-state index contributed by atoms with van der Waals surface area (Å²) in [5.41, 5.74) is 2.72. The third-order valence-corrected chi connectivity index (χ3v) is 2.06. The fourth-order valence-corrected chi connectivity index (χ4v) is 1.38. The first kappa shape index (κ1) is 11.2. The molecule has 0 atom stereocenters. The van der Waals surface area contributed by atoms with E-state index < -0.39 is 5.97 Å². The SMILES string of the molecule is C=C(C)/C=C(/C(=O)O)c1ccccc1C. The zero-order valence-electron chi connectivity index (χ0n) is 8.95. The highest BCUT2D eigenvalue weighted by atomic mass is 16.4. The standard InChI is InChI=1S/C13H14O2/c1-9(2)8-12(13(14)15)11-7-5-4-6-10(11)3/h4-8H,1H2,2-3H3,(H,14,15)/b12-8+. The van der Waals surface area contributed by atoms with Crippen molar-refractivity contribution in [2.24, 2.45) is 0 Å². The molecule has 1 N–H and O–H groups in total. The van der Waals surface area contributed by atoms with Gasteiger partial charge in [-0.25, -0.2) is 4.79 Å². The Balaban J connectivity index is 3.29. The average Bonchev–Trinajstić information content (AvgIpc) is 2.15. The second-order valence-corrected chi connectivity index (χ2v) is 3.52. The van der Waals surface area contributed by atoms with E-state index in [0.717, 1.165) is 16.7 Å². The Kier molecular flexibility index (Phi) is 3.45. The minimum atomic E-state index is -0.924. The number of carbonyl (C=O) groups is 1. The number of allylic oxidation sites excluding steroid dienone is 2. The monoisotopic (exact) mass is 202 g/mol. The molecule has 0 amide bonds. The molecule has 15 heavy (non-hydrogen) atoms. The minimum absolute atomic E-state index is 0.292. The van der Waals surface area contributed by atoms with E-state index in [1.54, 1.807) is 19.1 Å². The molecule has 0 aliphatic carbocycles. The van der Waals surface area contributed by atoms with Crippen molar-refractivity contribution in [2.45, 2.75) is 13.8 Å². The summed E-state index contributed by atoms with van der Waals surface area (Å²) in [6, 6.07) is 7.42. The van der Waals surface area contributed by atoms with Crippen LogP contribution in [-0.2, 0) is 4.79 Å². The molecule has 2 heteroatoms. The van der Waals surface area contributed by atoms with Crippen molar-refractivity contribution in [3.8, 4) is 0 Å². The van der Waals surface area contributed by atoms with E-state index in [9.17, 15) is 4.79 Å². The van der Waals surface area contributed by atoms with Crippen LogP contribution in [0.2, 0.25) is 0 Å². The number of aryl methyl sites for hydroxylation is 1. The second kappa shape index (κ2) is 4.60. The van der Waals surface area contributed by atoms with Gasteiger partial charge in [0.1, 0.15) is 0 Å². The predicted octanol–water partition coefficient (Wildman–Crippen LogP) is 3.04. The summed E-state index contributed by atoms with van der Waals surface area (Å²) in [4.78, 5) is 11.1. The zero-order valence-corrected chi connectivity index (χ0v) is 8.95. The number of carboxylic acid groups (broad SMARTS) is 1. The summed E-state index contributed by atoms with van der Waals surface area (Å²) in [6.45, 7) is 7.37. The number of rotatable bonds is 3. The third kappa shape index (κ3) is 2.81. The molecule has 0 heterocycles. The second-order valence-electron chi connectivity index (χ2n) is 3.52. The molecule has 2 nitrogen and oxygen atoms in total. The van der Waals surface area contributed by atoms with Crippen LogP contribution in [0.1, 0.15) is 18.1 Å². The predicted molar refractivity (Wildman–Crippen MR) is 61.6 cm³/mol. The summed E-state index contributed by atoms with van der Waals surface area (Å²) >= 11 is 0. The van der Waals surface area contributed by atoms with Crippen LogP contribution in [0.25, 0.3) is 5.57 Å². The van der Waals surface area contributed by atoms with Gasteiger partial charge in [-0.05, 0) is 31.1 Å². The van der Waals surface area contributed by atoms with Crippen LogP contribution in [-0.4, -0.2) is 11.1 Å². The quantitative estimate of drug-likeness (QED) is 0.604. The van der Waals surface area contributed by atoms with Crippen LogP contribution < -0.4 is 0 Å². The van der Waals surface area contributed by atoms with Crippen molar-refractivity contribution < 1.29 is 9.90 Å². The minimum Gasteiger partial charge on any atom is -0.478 e. The van der Waals surface area contributed by atoms with Crippen molar-refractivity contribution in [2.75, 3.05) is 0 Å². The normalized spacial score (nSPS) is 11.2. The Morgan fingerprint density at radius 2 is 2.00 bits per heavy atom. The number of aliphatic carboxylic acids is 1. The van der Waals surface area contributed by atoms with E-state index in [1.165, 1.54) is 0 Å². The number of carboxylic acids is 1. The lowest BCUT2D eigenvalue weighted by Crippen LogP contribution is -2.01. The molecule has 1 rings (SSSR count). The third-order valence-electron chi connectivity index (χ3n) is 2.06. The highest BCUT2D eigenvalue weighted by Gasteiger charge is 2.11. The lowest BCUT2D eigenvalue weighted by atomic mass is 9.99. The molecular formula is C13H14O2. The van der Waals surface area contributed by atoms with E-state index in [1.807, 2.05) is 25.1 Å². The molecule has 0 radical (unpaired) electrons. The van der Waals surface area contributed by atoms with Crippen LogP contribution in [0.5, 0.6) is 0 Å². The highest BCUT2D eigenvalue weighted by Crippen LogP contribution is 2.20. The molecule has 1 aromatic carbocycles. The summed E-state index contributed by atoms with van der Waals surface area (Å²) < 4.78 is 0. The van der Waals surface area contributed by atoms with E-state index in [2.05, 4.69) is 6.58 Å². The van der Waals surface area contributed by atoms with Gasteiger partial charge < -0.3 is 5.11 Å². The van der Waals surface area contributed by atoms with Gasteiger partial charge in [0.15, 0.2) is 0 Å². The molecule has 0 saturated heterocycles. The maximum atomic E-state index is 11.1. The molecule has 0 aromatic heterocycles. The van der Waals surface area contributed by atoms with Crippen LogP contribution >= 0.6 is 0 Å². The van der Waals surface area contributed by atoms with Gasteiger partial charge in [-0.2, -0.15) is 0 Å². The Morgan fingerprint density at radius 1 is 1.40 bits per heavy atom. The van der Waals surface area contributed by atoms with E-state index in [4.69, 9.17) is 5.11 Å².